The van der Waals surface area contributed by atoms with Crippen LogP contribution in [0.25, 0.3) is 0 Å². The summed E-state index contributed by atoms with van der Waals surface area (Å²) in [6, 6.07) is 0.829. The second kappa shape index (κ2) is 5.95. The third-order valence-electron chi connectivity index (χ3n) is 2.10. The first-order valence-corrected chi connectivity index (χ1v) is 5.25. The zero-order valence-electron chi connectivity index (χ0n) is 9.99. The Kier molecular flexibility index (Phi) is 4.59. The fraction of sp³-hybridized carbons (Fsp3) is 0.364. The van der Waals surface area contributed by atoms with Crippen molar-refractivity contribution in [3.63, 3.8) is 0 Å². The Morgan fingerprint density at radius 2 is 2.22 bits per heavy atom. The predicted octanol–water partition coefficient (Wildman–Crippen LogP) is 1.10. The maximum atomic E-state index is 13.1. The summed E-state index contributed by atoms with van der Waals surface area (Å²) in [5.41, 5.74) is -0.110. The molecule has 0 radical (unpaired) electrons. The van der Waals surface area contributed by atoms with Crippen LogP contribution in [0, 0.1) is 5.82 Å². The SMILES string of the molecule is CCOC(=O)CC(=O)c1cc(F)c(O)nc1NC. The molecule has 0 aliphatic carbocycles. The van der Waals surface area contributed by atoms with E-state index in [2.05, 4.69) is 15.0 Å². The number of hydrogen-bond acceptors (Lipinski definition) is 6. The van der Waals surface area contributed by atoms with E-state index in [0.717, 1.165) is 6.07 Å². The molecule has 1 aromatic heterocycles. The number of rotatable bonds is 5. The molecule has 1 rings (SSSR count). The van der Waals surface area contributed by atoms with Gasteiger partial charge in [-0.3, -0.25) is 9.59 Å². The number of ether oxygens (including phenoxy) is 1. The lowest BCUT2D eigenvalue weighted by molar-refractivity contribution is -0.141. The molecule has 0 bridgehead atoms. The number of anilines is 1. The first-order valence-electron chi connectivity index (χ1n) is 5.25. The Balaban J connectivity index is 2.98. The first-order chi connectivity index (χ1) is 8.49. The monoisotopic (exact) mass is 256 g/mol. The summed E-state index contributed by atoms with van der Waals surface area (Å²) >= 11 is 0. The minimum absolute atomic E-state index is 0.00296. The maximum Gasteiger partial charge on any atom is 0.313 e. The molecule has 1 aromatic rings. The highest BCUT2D eigenvalue weighted by molar-refractivity contribution is 6.08. The van der Waals surface area contributed by atoms with E-state index < -0.39 is 29.9 Å². The summed E-state index contributed by atoms with van der Waals surface area (Å²) in [5.74, 6) is -3.17. The van der Waals surface area contributed by atoms with Gasteiger partial charge in [0.25, 0.3) is 0 Å². The smallest absolute Gasteiger partial charge is 0.313 e. The Morgan fingerprint density at radius 3 is 2.78 bits per heavy atom. The number of pyridine rings is 1. The fourth-order valence-electron chi connectivity index (χ4n) is 1.32. The van der Waals surface area contributed by atoms with Crippen LogP contribution in [0.3, 0.4) is 0 Å². The second-order valence-electron chi connectivity index (χ2n) is 3.34. The summed E-state index contributed by atoms with van der Waals surface area (Å²) < 4.78 is 17.8. The van der Waals surface area contributed by atoms with Crippen molar-refractivity contribution in [1.29, 1.82) is 0 Å². The zero-order valence-corrected chi connectivity index (χ0v) is 9.99. The number of carbonyl (C=O) groups excluding carboxylic acids is 2. The van der Waals surface area contributed by atoms with Gasteiger partial charge in [-0.15, -0.1) is 0 Å². The molecule has 98 valence electrons. The molecular weight excluding hydrogens is 243 g/mol. The highest BCUT2D eigenvalue weighted by Crippen LogP contribution is 2.21. The van der Waals surface area contributed by atoms with Crippen molar-refractivity contribution in [2.45, 2.75) is 13.3 Å². The Labute approximate surface area is 103 Å². The van der Waals surface area contributed by atoms with Crippen molar-refractivity contribution in [3.05, 3.63) is 17.4 Å². The van der Waals surface area contributed by atoms with Gasteiger partial charge in [0, 0.05) is 7.05 Å². The van der Waals surface area contributed by atoms with Gasteiger partial charge in [-0.25, -0.2) is 4.39 Å². The molecule has 1 heterocycles. The van der Waals surface area contributed by atoms with Crippen LogP contribution < -0.4 is 5.32 Å². The van der Waals surface area contributed by atoms with Gasteiger partial charge in [0.1, 0.15) is 12.2 Å². The number of esters is 1. The summed E-state index contributed by atoms with van der Waals surface area (Å²) in [7, 11) is 1.46. The molecule has 0 saturated carbocycles. The zero-order chi connectivity index (χ0) is 13.7. The summed E-state index contributed by atoms with van der Waals surface area (Å²) in [6.45, 7) is 1.77. The van der Waals surface area contributed by atoms with E-state index in [1.807, 2.05) is 0 Å². The first kappa shape index (κ1) is 13.9. The van der Waals surface area contributed by atoms with Gasteiger partial charge >= 0.3 is 5.97 Å². The van der Waals surface area contributed by atoms with Gasteiger partial charge < -0.3 is 15.2 Å². The number of hydrogen-bond donors (Lipinski definition) is 2. The van der Waals surface area contributed by atoms with E-state index in [1.165, 1.54) is 7.05 Å². The minimum Gasteiger partial charge on any atom is -0.491 e. The van der Waals surface area contributed by atoms with E-state index in [9.17, 15) is 14.0 Å². The summed E-state index contributed by atoms with van der Waals surface area (Å²) in [4.78, 5) is 26.4. The van der Waals surface area contributed by atoms with Gasteiger partial charge in [0.2, 0.25) is 5.88 Å². The van der Waals surface area contributed by atoms with Crippen molar-refractivity contribution in [2.75, 3.05) is 19.0 Å². The number of halogens is 1. The fourth-order valence-corrected chi connectivity index (χ4v) is 1.32. The number of nitrogens with zero attached hydrogens (tertiary/aromatic N) is 1. The molecule has 0 saturated heterocycles. The molecule has 0 amide bonds. The second-order valence-corrected chi connectivity index (χ2v) is 3.34. The Bertz CT molecular complexity index is 476. The molecule has 0 spiro atoms. The predicted molar refractivity (Wildman–Crippen MR) is 61.0 cm³/mol. The minimum atomic E-state index is -1.03. The van der Waals surface area contributed by atoms with Gasteiger partial charge in [-0.2, -0.15) is 4.98 Å². The number of aromatic hydroxyl groups is 1. The highest BCUT2D eigenvalue weighted by atomic mass is 19.1. The molecule has 0 aliphatic heterocycles. The Morgan fingerprint density at radius 1 is 1.56 bits per heavy atom. The van der Waals surface area contributed by atoms with Crippen molar-refractivity contribution in [2.24, 2.45) is 0 Å². The third kappa shape index (κ3) is 3.16. The number of nitrogens with one attached hydrogen (secondary N) is 1. The molecule has 0 fully saturated rings. The van der Waals surface area contributed by atoms with Crippen molar-refractivity contribution >= 4 is 17.6 Å². The van der Waals surface area contributed by atoms with Crippen LogP contribution in [0.2, 0.25) is 0 Å². The van der Waals surface area contributed by atoms with E-state index in [1.54, 1.807) is 6.92 Å². The summed E-state index contributed by atoms with van der Waals surface area (Å²) in [5, 5.41) is 11.6. The van der Waals surface area contributed by atoms with Crippen molar-refractivity contribution in [1.82, 2.24) is 4.98 Å². The number of carbonyl (C=O) groups is 2. The number of Topliss-reactive ketones (excluding diaryl/α,β-unsaturated/α-hetero) is 1. The number of ketones is 1. The van der Waals surface area contributed by atoms with Crippen molar-refractivity contribution < 1.29 is 23.8 Å². The highest BCUT2D eigenvalue weighted by Gasteiger charge is 2.19. The van der Waals surface area contributed by atoms with Crippen LogP contribution in [0.4, 0.5) is 10.2 Å². The molecular formula is C11H13FN2O4. The van der Waals surface area contributed by atoms with Crippen LogP contribution >= 0.6 is 0 Å². The summed E-state index contributed by atoms with van der Waals surface area (Å²) in [6.07, 6.45) is -0.506. The molecule has 18 heavy (non-hydrogen) atoms. The Hall–Kier alpha value is -2.18. The third-order valence-corrected chi connectivity index (χ3v) is 2.10. The van der Waals surface area contributed by atoms with Gasteiger partial charge in [-0.05, 0) is 13.0 Å². The lowest BCUT2D eigenvalue weighted by Crippen LogP contribution is -2.14. The largest absolute Gasteiger partial charge is 0.491 e. The standard InChI is InChI=1S/C11H13FN2O4/c1-3-18-9(16)5-8(15)6-4-7(12)11(17)14-10(6)13-2/h4H,3,5H2,1-2H3,(H2,13,14,17). The van der Waals surface area contributed by atoms with E-state index >= 15 is 0 Å². The number of aromatic nitrogens is 1. The van der Waals surface area contributed by atoms with Crippen LogP contribution in [-0.4, -0.2) is 35.5 Å². The average Bonchev–Trinajstić information content (AvgIpc) is 2.32. The van der Waals surface area contributed by atoms with Crippen LogP contribution in [0.15, 0.2) is 6.07 Å². The van der Waals surface area contributed by atoms with Gasteiger partial charge in [-0.1, -0.05) is 0 Å². The maximum absolute atomic E-state index is 13.1. The van der Waals surface area contributed by atoms with E-state index in [0.29, 0.717) is 0 Å². The molecule has 0 unspecified atom stereocenters. The normalized spacial score (nSPS) is 9.94. The van der Waals surface area contributed by atoms with Crippen LogP contribution in [-0.2, 0) is 9.53 Å². The molecule has 0 aliphatic rings. The topological polar surface area (TPSA) is 88.5 Å². The molecule has 2 N–H and O–H groups in total. The lowest BCUT2D eigenvalue weighted by Gasteiger charge is -2.08. The van der Waals surface area contributed by atoms with Gasteiger partial charge in [0.05, 0.1) is 12.2 Å². The molecule has 7 heteroatoms. The molecule has 0 aromatic carbocycles. The lowest BCUT2D eigenvalue weighted by atomic mass is 10.1. The van der Waals surface area contributed by atoms with Crippen molar-refractivity contribution in [3.8, 4) is 5.88 Å². The van der Waals surface area contributed by atoms with Gasteiger partial charge in [0.15, 0.2) is 11.6 Å². The van der Waals surface area contributed by atoms with E-state index in [4.69, 9.17) is 5.11 Å². The molecule has 6 nitrogen and oxygen atoms in total. The van der Waals surface area contributed by atoms with Crippen LogP contribution in [0.1, 0.15) is 23.7 Å². The molecule has 0 atom stereocenters. The quantitative estimate of drug-likeness (QED) is 0.466. The van der Waals surface area contributed by atoms with E-state index in [-0.39, 0.29) is 18.0 Å². The van der Waals surface area contributed by atoms with Crippen LogP contribution in [0.5, 0.6) is 5.88 Å². The average molecular weight is 256 g/mol.